The summed E-state index contributed by atoms with van der Waals surface area (Å²) >= 11 is 6.88. The van der Waals surface area contributed by atoms with Crippen LogP contribution < -0.4 is 4.74 Å². The summed E-state index contributed by atoms with van der Waals surface area (Å²) in [4.78, 5) is 14.7. The van der Waals surface area contributed by atoms with Gasteiger partial charge < -0.3 is 4.74 Å². The number of aromatic nitrogens is 1. The van der Waals surface area contributed by atoms with Crippen LogP contribution in [0.2, 0.25) is 0 Å². The fraction of sp³-hybridized carbons (Fsp3) is 0.250. The molecule has 0 saturated carbocycles. The first kappa shape index (κ1) is 12.6. The maximum atomic E-state index is 12.7. The van der Waals surface area contributed by atoms with E-state index in [0.717, 1.165) is 6.20 Å². The van der Waals surface area contributed by atoms with E-state index < -0.39 is 17.2 Å². The fourth-order valence-electron chi connectivity index (χ4n) is 1.05. The second-order valence-corrected chi connectivity index (χ2v) is 3.85. The predicted octanol–water partition coefficient (Wildman–Crippen LogP) is 3.01. The monoisotopic (exact) mass is 347 g/mol. The van der Waals surface area contributed by atoms with Crippen LogP contribution in [-0.4, -0.2) is 17.3 Å². The van der Waals surface area contributed by atoms with E-state index in [1.165, 1.54) is 7.11 Å². The molecule has 1 aromatic rings. The van der Waals surface area contributed by atoms with Gasteiger partial charge in [0, 0.05) is 0 Å². The van der Waals surface area contributed by atoms with Gasteiger partial charge in [-0.3, -0.25) is 4.79 Å². The van der Waals surface area contributed by atoms with Gasteiger partial charge in [-0.2, -0.15) is 0 Å². The number of carbonyl (C=O) groups excluding carboxylic acids is 1. The van der Waals surface area contributed by atoms with Crippen molar-refractivity contribution < 1.29 is 18.3 Å². The van der Waals surface area contributed by atoms with E-state index in [-0.39, 0.29) is 15.0 Å². The van der Waals surface area contributed by atoms with Gasteiger partial charge >= 0.3 is 0 Å². The lowest BCUT2D eigenvalue weighted by Gasteiger charge is -2.11. The first-order valence-electron chi connectivity index (χ1n) is 3.69. The Bertz CT molecular complexity index is 400. The molecule has 0 aliphatic heterocycles. The number of carbonyl (C=O) groups is 1. The Morgan fingerprint density at radius 1 is 1.67 bits per heavy atom. The molecule has 0 unspecified atom stereocenters. The molecule has 0 bridgehead atoms. The van der Waals surface area contributed by atoms with Crippen molar-refractivity contribution in [1.82, 2.24) is 4.98 Å². The van der Waals surface area contributed by atoms with Gasteiger partial charge in [0.05, 0.1) is 24.4 Å². The Labute approximate surface area is 103 Å². The molecule has 0 fully saturated rings. The molecule has 0 saturated heterocycles. The van der Waals surface area contributed by atoms with Crippen LogP contribution in [0.25, 0.3) is 0 Å². The molecule has 1 rings (SSSR count). The molecular formula is C8H5ClF2INO2. The Morgan fingerprint density at radius 3 is 2.67 bits per heavy atom. The molecule has 15 heavy (non-hydrogen) atoms. The van der Waals surface area contributed by atoms with Gasteiger partial charge in [-0.1, -0.05) is 0 Å². The zero-order valence-electron chi connectivity index (χ0n) is 7.43. The first-order valence-corrected chi connectivity index (χ1v) is 5.15. The summed E-state index contributed by atoms with van der Waals surface area (Å²) in [5, 5.41) is -0.971. The summed E-state index contributed by atoms with van der Waals surface area (Å²) in [6.45, 7) is 0. The van der Waals surface area contributed by atoms with E-state index in [2.05, 4.69) is 4.98 Å². The highest BCUT2D eigenvalue weighted by Gasteiger charge is 2.25. The first-order chi connectivity index (χ1) is 6.99. The average Bonchev–Trinajstić information content (AvgIpc) is 2.16. The normalized spacial score (nSPS) is 10.5. The number of nitrogens with zero attached hydrogens (tertiary/aromatic N) is 1. The molecule has 0 N–H and O–H groups in total. The third-order valence-corrected chi connectivity index (χ3v) is 2.68. The number of hydrogen-bond donors (Lipinski definition) is 0. The summed E-state index contributed by atoms with van der Waals surface area (Å²) in [6.07, 6.45) is -1.71. The van der Waals surface area contributed by atoms with Crippen molar-refractivity contribution >= 4 is 39.4 Å². The van der Waals surface area contributed by atoms with Gasteiger partial charge in [0.2, 0.25) is 0 Å². The van der Waals surface area contributed by atoms with Crippen LogP contribution in [-0.2, 0) is 0 Å². The summed E-state index contributed by atoms with van der Waals surface area (Å²) in [5.41, 5.74) is -0.816. The van der Waals surface area contributed by atoms with Crippen LogP contribution in [0.1, 0.15) is 22.3 Å². The highest BCUT2D eigenvalue weighted by Crippen LogP contribution is 2.34. The van der Waals surface area contributed by atoms with Crippen LogP contribution in [0.15, 0.2) is 6.20 Å². The lowest BCUT2D eigenvalue weighted by atomic mass is 10.1. The smallest absolute Gasteiger partial charge is 0.268 e. The van der Waals surface area contributed by atoms with Crippen molar-refractivity contribution in [2.75, 3.05) is 7.11 Å². The SMILES string of the molecule is COc1cnc(I)c(C(=O)Cl)c1C(F)F. The molecular weight excluding hydrogens is 342 g/mol. The Balaban J connectivity index is 3.51. The van der Waals surface area contributed by atoms with Crippen LogP contribution in [0, 0.1) is 3.70 Å². The summed E-state index contributed by atoms with van der Waals surface area (Å²) in [5.74, 6) is -0.144. The topological polar surface area (TPSA) is 39.2 Å². The maximum absolute atomic E-state index is 12.7. The lowest BCUT2D eigenvalue weighted by molar-refractivity contribution is 0.106. The molecule has 0 amide bonds. The van der Waals surface area contributed by atoms with Gasteiger partial charge in [-0.15, -0.1) is 0 Å². The maximum Gasteiger partial charge on any atom is 0.268 e. The third-order valence-electron chi connectivity index (χ3n) is 1.67. The molecule has 0 aliphatic rings. The van der Waals surface area contributed by atoms with E-state index in [0.29, 0.717) is 0 Å². The lowest BCUT2D eigenvalue weighted by Crippen LogP contribution is -2.06. The fourth-order valence-corrected chi connectivity index (χ4v) is 2.08. The Morgan fingerprint density at radius 2 is 2.27 bits per heavy atom. The van der Waals surface area contributed by atoms with Crippen molar-refractivity contribution in [3.05, 3.63) is 21.0 Å². The minimum Gasteiger partial charge on any atom is -0.495 e. The Kier molecular flexibility index (Phi) is 4.21. The third kappa shape index (κ3) is 2.54. The van der Waals surface area contributed by atoms with Crippen LogP contribution in [0.5, 0.6) is 5.75 Å². The van der Waals surface area contributed by atoms with Crippen LogP contribution in [0.4, 0.5) is 8.78 Å². The molecule has 3 nitrogen and oxygen atoms in total. The number of rotatable bonds is 3. The average molecular weight is 347 g/mol. The molecule has 82 valence electrons. The van der Waals surface area contributed by atoms with Crippen LogP contribution in [0.3, 0.4) is 0 Å². The zero-order chi connectivity index (χ0) is 11.6. The predicted molar refractivity (Wildman–Crippen MR) is 58.6 cm³/mol. The molecule has 7 heteroatoms. The number of hydrogen-bond acceptors (Lipinski definition) is 3. The van der Waals surface area contributed by atoms with E-state index in [1.807, 2.05) is 0 Å². The van der Waals surface area contributed by atoms with Gasteiger partial charge in [0.1, 0.15) is 9.45 Å². The second kappa shape index (κ2) is 5.02. The standard InChI is InChI=1S/C8H5ClF2INO2/c1-15-3-2-13-8(12)5(6(9)14)4(3)7(10)11/h2,7H,1H3. The quantitative estimate of drug-likeness (QED) is 0.479. The minimum absolute atomic E-state index is 0.128. The van der Waals surface area contributed by atoms with Gasteiger partial charge in [-0.05, 0) is 34.2 Å². The van der Waals surface area contributed by atoms with Crippen molar-refractivity contribution in [3.8, 4) is 5.75 Å². The number of alkyl halides is 2. The van der Waals surface area contributed by atoms with Crippen LogP contribution >= 0.6 is 34.2 Å². The molecule has 0 aliphatic carbocycles. The van der Waals surface area contributed by atoms with Crippen molar-refractivity contribution in [3.63, 3.8) is 0 Å². The molecule has 1 aromatic heterocycles. The van der Waals surface area contributed by atoms with E-state index in [1.54, 1.807) is 22.6 Å². The molecule has 0 atom stereocenters. The molecule has 0 aromatic carbocycles. The van der Waals surface area contributed by atoms with Crippen molar-refractivity contribution in [1.29, 1.82) is 0 Å². The van der Waals surface area contributed by atoms with Crippen molar-refractivity contribution in [2.45, 2.75) is 6.43 Å². The summed E-state index contributed by atoms with van der Waals surface area (Å²) in [6, 6.07) is 0. The molecule has 1 heterocycles. The number of pyridine rings is 1. The summed E-state index contributed by atoms with van der Waals surface area (Å²) in [7, 11) is 1.22. The largest absolute Gasteiger partial charge is 0.495 e. The molecule has 0 spiro atoms. The highest BCUT2D eigenvalue weighted by molar-refractivity contribution is 14.1. The second-order valence-electron chi connectivity index (χ2n) is 2.48. The zero-order valence-corrected chi connectivity index (χ0v) is 10.3. The number of ether oxygens (including phenoxy) is 1. The Hall–Kier alpha value is -0.500. The van der Waals surface area contributed by atoms with E-state index in [9.17, 15) is 13.6 Å². The number of halogens is 4. The van der Waals surface area contributed by atoms with Gasteiger partial charge in [0.25, 0.3) is 11.7 Å². The van der Waals surface area contributed by atoms with E-state index in [4.69, 9.17) is 16.3 Å². The summed E-state index contributed by atoms with van der Waals surface area (Å²) < 4.78 is 30.2. The minimum atomic E-state index is -2.84. The van der Waals surface area contributed by atoms with Gasteiger partial charge in [0.15, 0.2) is 0 Å². The van der Waals surface area contributed by atoms with E-state index >= 15 is 0 Å². The molecule has 0 radical (unpaired) electrons. The van der Waals surface area contributed by atoms with Gasteiger partial charge in [-0.25, -0.2) is 13.8 Å². The highest BCUT2D eigenvalue weighted by atomic mass is 127. The number of methoxy groups -OCH3 is 1. The van der Waals surface area contributed by atoms with Crippen molar-refractivity contribution in [2.24, 2.45) is 0 Å².